The van der Waals surface area contributed by atoms with Crippen molar-refractivity contribution in [2.45, 2.75) is 18.9 Å². The van der Waals surface area contributed by atoms with Gasteiger partial charge in [-0.05, 0) is 59.9 Å². The highest BCUT2D eigenvalue weighted by Gasteiger charge is 2.40. The average Bonchev–Trinajstić information content (AvgIpc) is 2.87. The maximum atomic E-state index is 11.4. The Hall–Kier alpha value is -3.80. The Morgan fingerprint density at radius 1 is 1.03 bits per heavy atom. The summed E-state index contributed by atoms with van der Waals surface area (Å²) in [6.45, 7) is 3.07. The van der Waals surface area contributed by atoms with Crippen molar-refractivity contribution in [1.29, 1.82) is 0 Å². The minimum absolute atomic E-state index is 0.376. The van der Waals surface area contributed by atoms with Crippen molar-refractivity contribution in [2.24, 2.45) is 0 Å². The highest BCUT2D eigenvalue weighted by Crippen LogP contribution is 2.44. The van der Waals surface area contributed by atoms with Crippen LogP contribution in [0.4, 0.5) is 5.69 Å². The standard InChI is InChI=1S/C27H28N2O4/c1-27(21-8-5-19(6-9-21)7-14-26(30)33-4)24-12-11-23(31-2)17-20(24)15-16-29(27)22-10-13-25(32-3)28-18-22/h5-14,17-18H,15-16H2,1-4H3. The van der Waals surface area contributed by atoms with Gasteiger partial charge in [0, 0.05) is 18.7 Å². The third-order valence-electron chi connectivity index (χ3n) is 6.31. The zero-order valence-electron chi connectivity index (χ0n) is 19.4. The van der Waals surface area contributed by atoms with Gasteiger partial charge in [-0.25, -0.2) is 9.78 Å². The lowest BCUT2D eigenvalue weighted by atomic mass is 9.76. The lowest BCUT2D eigenvalue weighted by molar-refractivity contribution is -0.134. The minimum atomic E-state index is -0.430. The molecule has 4 rings (SSSR count). The predicted octanol–water partition coefficient (Wildman–Crippen LogP) is 4.61. The first-order valence-electron chi connectivity index (χ1n) is 10.8. The lowest BCUT2D eigenvalue weighted by Crippen LogP contribution is -2.49. The monoisotopic (exact) mass is 444 g/mol. The topological polar surface area (TPSA) is 60.9 Å². The van der Waals surface area contributed by atoms with Gasteiger partial charge < -0.3 is 19.1 Å². The Morgan fingerprint density at radius 3 is 2.45 bits per heavy atom. The molecule has 0 spiro atoms. The molecular weight excluding hydrogens is 416 g/mol. The predicted molar refractivity (Wildman–Crippen MR) is 129 cm³/mol. The number of ether oxygens (including phenoxy) is 3. The largest absolute Gasteiger partial charge is 0.497 e. The number of anilines is 1. The average molecular weight is 445 g/mol. The van der Waals surface area contributed by atoms with Gasteiger partial charge in [-0.2, -0.15) is 0 Å². The quantitative estimate of drug-likeness (QED) is 0.409. The summed E-state index contributed by atoms with van der Waals surface area (Å²) in [5.41, 5.74) is 5.15. The maximum Gasteiger partial charge on any atom is 0.330 e. The van der Waals surface area contributed by atoms with Gasteiger partial charge in [0.2, 0.25) is 5.88 Å². The van der Waals surface area contributed by atoms with E-state index in [1.165, 1.54) is 24.3 Å². The van der Waals surface area contributed by atoms with Gasteiger partial charge in [0.05, 0.1) is 38.8 Å². The van der Waals surface area contributed by atoms with E-state index in [1.807, 2.05) is 36.5 Å². The highest BCUT2D eigenvalue weighted by molar-refractivity contribution is 5.86. The molecule has 6 heteroatoms. The number of hydrogen-bond acceptors (Lipinski definition) is 6. The number of pyridine rings is 1. The zero-order chi connectivity index (χ0) is 23.4. The molecule has 33 heavy (non-hydrogen) atoms. The van der Waals surface area contributed by atoms with Gasteiger partial charge in [-0.3, -0.25) is 0 Å². The van der Waals surface area contributed by atoms with E-state index in [9.17, 15) is 4.79 Å². The minimum Gasteiger partial charge on any atom is -0.497 e. The molecule has 6 nitrogen and oxygen atoms in total. The van der Waals surface area contributed by atoms with Crippen molar-refractivity contribution in [3.63, 3.8) is 0 Å². The van der Waals surface area contributed by atoms with Crippen LogP contribution in [0.25, 0.3) is 6.08 Å². The Kier molecular flexibility index (Phi) is 6.36. The third kappa shape index (κ3) is 4.29. The molecule has 1 aromatic heterocycles. The molecule has 1 aliphatic heterocycles. The second kappa shape index (κ2) is 9.36. The van der Waals surface area contributed by atoms with Crippen LogP contribution in [0.15, 0.2) is 66.9 Å². The smallest absolute Gasteiger partial charge is 0.330 e. The number of carbonyl (C=O) groups excluding carboxylic acids is 1. The van der Waals surface area contributed by atoms with E-state index in [2.05, 4.69) is 45.8 Å². The summed E-state index contributed by atoms with van der Waals surface area (Å²) in [6.07, 6.45) is 5.93. The van der Waals surface area contributed by atoms with Crippen LogP contribution in [0, 0.1) is 0 Å². The molecule has 0 saturated heterocycles. The van der Waals surface area contributed by atoms with Crippen LogP contribution < -0.4 is 14.4 Å². The Balaban J connectivity index is 1.80. The summed E-state index contributed by atoms with van der Waals surface area (Å²) in [7, 11) is 4.68. The molecular formula is C27H28N2O4. The molecule has 0 radical (unpaired) electrons. The Bertz CT molecular complexity index is 1160. The van der Waals surface area contributed by atoms with E-state index in [4.69, 9.17) is 9.47 Å². The second-order valence-electron chi connectivity index (χ2n) is 8.03. The molecule has 1 unspecified atom stereocenters. The van der Waals surface area contributed by atoms with Crippen LogP contribution >= 0.6 is 0 Å². The normalized spacial score (nSPS) is 17.5. The molecule has 0 fully saturated rings. The zero-order valence-corrected chi connectivity index (χ0v) is 19.4. The molecule has 0 N–H and O–H groups in total. The summed E-state index contributed by atoms with van der Waals surface area (Å²) in [4.78, 5) is 18.3. The molecule has 0 aliphatic carbocycles. The molecule has 2 aromatic carbocycles. The molecule has 3 aromatic rings. The van der Waals surface area contributed by atoms with Crippen molar-refractivity contribution in [1.82, 2.24) is 4.98 Å². The lowest BCUT2D eigenvalue weighted by Gasteiger charge is -2.48. The van der Waals surface area contributed by atoms with Crippen LogP contribution in [0.2, 0.25) is 0 Å². The van der Waals surface area contributed by atoms with Gasteiger partial charge in [-0.1, -0.05) is 30.3 Å². The van der Waals surface area contributed by atoms with Crippen molar-refractivity contribution >= 4 is 17.7 Å². The number of methoxy groups -OCH3 is 3. The molecule has 0 saturated carbocycles. The van der Waals surface area contributed by atoms with E-state index < -0.39 is 5.54 Å². The summed E-state index contributed by atoms with van der Waals surface area (Å²) >= 11 is 0. The number of benzene rings is 2. The van der Waals surface area contributed by atoms with Crippen molar-refractivity contribution in [3.05, 3.63) is 89.1 Å². The van der Waals surface area contributed by atoms with Crippen LogP contribution in [0.3, 0.4) is 0 Å². The van der Waals surface area contributed by atoms with E-state index in [-0.39, 0.29) is 5.97 Å². The summed E-state index contributed by atoms with van der Waals surface area (Å²) < 4.78 is 15.4. The number of nitrogens with zero attached hydrogens (tertiary/aromatic N) is 2. The van der Waals surface area contributed by atoms with Gasteiger partial charge >= 0.3 is 5.97 Å². The number of rotatable bonds is 6. The fraction of sp³-hybridized carbons (Fsp3) is 0.259. The first-order valence-corrected chi connectivity index (χ1v) is 10.8. The number of hydrogen-bond donors (Lipinski definition) is 0. The van der Waals surface area contributed by atoms with E-state index in [0.29, 0.717) is 5.88 Å². The van der Waals surface area contributed by atoms with Gasteiger partial charge in [0.15, 0.2) is 0 Å². The summed E-state index contributed by atoms with van der Waals surface area (Å²) in [5, 5.41) is 0. The third-order valence-corrected chi connectivity index (χ3v) is 6.31. The fourth-order valence-electron chi connectivity index (χ4n) is 4.48. The number of esters is 1. The first kappa shape index (κ1) is 22.4. The van der Waals surface area contributed by atoms with Gasteiger partial charge in [0.1, 0.15) is 5.75 Å². The van der Waals surface area contributed by atoms with Crippen LogP contribution in [0.5, 0.6) is 11.6 Å². The van der Waals surface area contributed by atoms with Crippen LogP contribution in [-0.2, 0) is 21.5 Å². The Morgan fingerprint density at radius 2 is 1.82 bits per heavy atom. The Labute approximate surface area is 194 Å². The van der Waals surface area contributed by atoms with E-state index in [0.717, 1.165) is 35.5 Å². The highest BCUT2D eigenvalue weighted by atomic mass is 16.5. The first-order chi connectivity index (χ1) is 16.0. The molecule has 0 bridgehead atoms. The number of fused-ring (bicyclic) bond motifs is 1. The molecule has 2 heterocycles. The van der Waals surface area contributed by atoms with Crippen molar-refractivity contribution < 1.29 is 19.0 Å². The van der Waals surface area contributed by atoms with E-state index in [1.54, 1.807) is 20.3 Å². The molecule has 170 valence electrons. The van der Waals surface area contributed by atoms with Gasteiger partial charge in [-0.15, -0.1) is 0 Å². The number of carbonyl (C=O) groups is 1. The summed E-state index contributed by atoms with van der Waals surface area (Å²) in [5.74, 6) is 1.07. The van der Waals surface area contributed by atoms with Crippen molar-refractivity contribution in [3.8, 4) is 11.6 Å². The van der Waals surface area contributed by atoms with Crippen LogP contribution in [0.1, 0.15) is 29.2 Å². The molecule has 1 aliphatic rings. The van der Waals surface area contributed by atoms with Crippen molar-refractivity contribution in [2.75, 3.05) is 32.8 Å². The van der Waals surface area contributed by atoms with Gasteiger partial charge in [0.25, 0.3) is 0 Å². The fourth-order valence-corrected chi connectivity index (χ4v) is 4.48. The molecule has 0 amide bonds. The second-order valence-corrected chi connectivity index (χ2v) is 8.03. The SMILES string of the molecule is COC(=O)C=Cc1ccc(C2(C)c3ccc(OC)cc3CCN2c2ccc(OC)nc2)cc1. The van der Waals surface area contributed by atoms with E-state index >= 15 is 0 Å². The van der Waals surface area contributed by atoms with Crippen LogP contribution in [-0.4, -0.2) is 38.8 Å². The number of aromatic nitrogens is 1. The molecule has 1 atom stereocenters. The summed E-state index contributed by atoms with van der Waals surface area (Å²) in [6, 6.07) is 18.5. The maximum absolute atomic E-state index is 11.4.